The summed E-state index contributed by atoms with van der Waals surface area (Å²) in [4.78, 5) is 2.45. The van der Waals surface area contributed by atoms with Gasteiger partial charge in [-0.1, -0.05) is 6.92 Å². The molecule has 2 heteroatoms. The van der Waals surface area contributed by atoms with E-state index in [1.807, 2.05) is 0 Å². The van der Waals surface area contributed by atoms with Gasteiger partial charge in [-0.05, 0) is 6.54 Å². The Balaban J connectivity index is 2.13. The van der Waals surface area contributed by atoms with E-state index in [-0.39, 0.29) is 0 Å². The second-order valence-corrected chi connectivity index (χ2v) is 2.18. The monoisotopic (exact) mass is 116 g/mol. The Morgan fingerprint density at radius 3 is 2.38 bits per heavy atom. The molecule has 8 heavy (non-hydrogen) atoms. The van der Waals surface area contributed by atoms with Crippen LogP contribution >= 0.6 is 0 Å². The third-order valence-corrected chi connectivity index (χ3v) is 1.66. The van der Waals surface area contributed by atoms with Crippen molar-refractivity contribution in [3.8, 4) is 0 Å². The van der Waals surface area contributed by atoms with E-state index in [0.29, 0.717) is 0 Å². The minimum absolute atomic E-state index is 1.17. The standard InChI is InChI=1S/C6H14N2/c1-2-8-5-3-7-4-6-8/h7H,2-6H2,1H3/i3+1,5+1. The maximum absolute atomic E-state index is 3.31. The van der Waals surface area contributed by atoms with Crippen LogP contribution in [-0.4, -0.2) is 37.6 Å². The fraction of sp³-hybridized carbons (Fsp3) is 1.00. The molecule has 0 bridgehead atoms. The molecule has 0 unspecified atom stereocenters. The molecule has 0 atom stereocenters. The van der Waals surface area contributed by atoms with Gasteiger partial charge >= 0.3 is 0 Å². The number of rotatable bonds is 1. The van der Waals surface area contributed by atoms with Crippen molar-refractivity contribution in [1.82, 2.24) is 10.2 Å². The van der Waals surface area contributed by atoms with Crippen LogP contribution in [0.5, 0.6) is 0 Å². The first-order valence-corrected chi connectivity index (χ1v) is 3.36. The molecule has 2 nitrogen and oxygen atoms in total. The molecule has 0 saturated carbocycles. The van der Waals surface area contributed by atoms with Gasteiger partial charge in [0.25, 0.3) is 0 Å². The molecule has 1 saturated heterocycles. The Kier molecular flexibility index (Phi) is 2.30. The van der Waals surface area contributed by atoms with Crippen LogP contribution in [0.1, 0.15) is 6.92 Å². The molecule has 0 aromatic heterocycles. The summed E-state index contributed by atoms with van der Waals surface area (Å²) in [7, 11) is 0. The molecule has 0 amide bonds. The summed E-state index contributed by atoms with van der Waals surface area (Å²) in [6, 6.07) is 0. The van der Waals surface area contributed by atoms with Crippen molar-refractivity contribution in [2.24, 2.45) is 0 Å². The number of nitrogens with zero attached hydrogens (tertiary/aromatic N) is 1. The molecule has 0 aromatic carbocycles. The molecule has 1 aliphatic heterocycles. The van der Waals surface area contributed by atoms with Crippen LogP contribution in [0.2, 0.25) is 0 Å². The summed E-state index contributed by atoms with van der Waals surface area (Å²) in [5.41, 5.74) is 0. The molecule has 0 spiro atoms. The minimum atomic E-state index is 1.17. The highest BCUT2D eigenvalue weighted by molar-refractivity contribution is 4.64. The Hall–Kier alpha value is -0.0800. The summed E-state index contributed by atoms with van der Waals surface area (Å²) in [6.45, 7) is 8.24. The summed E-state index contributed by atoms with van der Waals surface area (Å²) < 4.78 is 0. The molecule has 1 N–H and O–H groups in total. The van der Waals surface area contributed by atoms with Gasteiger partial charge in [-0.3, -0.25) is 0 Å². The Bertz CT molecular complexity index is 57.5. The van der Waals surface area contributed by atoms with Gasteiger partial charge in [-0.2, -0.15) is 0 Å². The number of piperazine rings is 1. The maximum Gasteiger partial charge on any atom is 0.0107 e. The summed E-state index contributed by atoms with van der Waals surface area (Å²) in [5, 5.41) is 3.31. The van der Waals surface area contributed by atoms with E-state index in [9.17, 15) is 0 Å². The van der Waals surface area contributed by atoms with Crippen molar-refractivity contribution in [3.63, 3.8) is 0 Å². The second-order valence-electron chi connectivity index (χ2n) is 2.18. The molecular formula is C6H14N2. The van der Waals surface area contributed by atoms with Gasteiger partial charge in [0.2, 0.25) is 0 Å². The lowest BCUT2D eigenvalue weighted by molar-refractivity contribution is 0.253. The van der Waals surface area contributed by atoms with Crippen LogP contribution in [0, 0.1) is 0 Å². The van der Waals surface area contributed by atoms with Crippen molar-refractivity contribution < 1.29 is 0 Å². The van der Waals surface area contributed by atoms with E-state index < -0.39 is 0 Å². The van der Waals surface area contributed by atoms with Crippen LogP contribution < -0.4 is 5.32 Å². The predicted octanol–water partition coefficient (Wildman–Crippen LogP) is -0.0885. The molecule has 0 aromatic rings. The van der Waals surface area contributed by atoms with E-state index in [0.717, 1.165) is 0 Å². The molecule has 48 valence electrons. The van der Waals surface area contributed by atoms with Crippen LogP contribution in [0.4, 0.5) is 0 Å². The summed E-state index contributed by atoms with van der Waals surface area (Å²) >= 11 is 0. The number of nitrogens with one attached hydrogen (secondary N) is 1. The van der Waals surface area contributed by atoms with Crippen LogP contribution in [0.3, 0.4) is 0 Å². The van der Waals surface area contributed by atoms with Gasteiger partial charge in [0.1, 0.15) is 0 Å². The topological polar surface area (TPSA) is 15.3 Å². The smallest absolute Gasteiger partial charge is 0.0107 e. The van der Waals surface area contributed by atoms with Crippen molar-refractivity contribution in [3.05, 3.63) is 0 Å². The highest BCUT2D eigenvalue weighted by atomic mass is 15.4. The zero-order valence-corrected chi connectivity index (χ0v) is 5.48. The molecule has 1 heterocycles. The highest BCUT2D eigenvalue weighted by Crippen LogP contribution is 1.88. The molecule has 1 rings (SSSR count). The van der Waals surface area contributed by atoms with Gasteiger partial charge in [-0.15, -0.1) is 0 Å². The van der Waals surface area contributed by atoms with E-state index in [1.54, 1.807) is 0 Å². The van der Waals surface area contributed by atoms with E-state index in [4.69, 9.17) is 0 Å². The third kappa shape index (κ3) is 1.46. The third-order valence-electron chi connectivity index (χ3n) is 1.66. The van der Waals surface area contributed by atoms with Gasteiger partial charge in [0, 0.05) is 26.2 Å². The fourth-order valence-corrected chi connectivity index (χ4v) is 1.03. The van der Waals surface area contributed by atoms with Gasteiger partial charge < -0.3 is 10.2 Å². The van der Waals surface area contributed by atoms with Crippen molar-refractivity contribution in [2.45, 2.75) is 6.92 Å². The molecule has 0 aliphatic carbocycles. The van der Waals surface area contributed by atoms with Crippen LogP contribution in [-0.2, 0) is 0 Å². The average molecular weight is 116 g/mol. The first-order valence-electron chi connectivity index (χ1n) is 3.36. The summed E-state index contributed by atoms with van der Waals surface area (Å²) in [5.74, 6) is 0. The average Bonchev–Trinajstić information content (AvgIpc) is 1.90. The first kappa shape index (κ1) is 6.05. The first-order chi connectivity index (χ1) is 3.93. The van der Waals surface area contributed by atoms with Gasteiger partial charge in [0.05, 0.1) is 0 Å². The number of hydrogen-bond acceptors (Lipinski definition) is 2. The zero-order valence-electron chi connectivity index (χ0n) is 5.48. The molecule has 1 aliphatic rings. The Labute approximate surface area is 50.9 Å². The number of likely N-dealkylation sites (N-methyl/N-ethyl adjacent to an activating group) is 1. The lowest BCUT2D eigenvalue weighted by Crippen LogP contribution is -2.43. The second kappa shape index (κ2) is 3.05. The highest BCUT2D eigenvalue weighted by Gasteiger charge is 2.04. The fourth-order valence-electron chi connectivity index (χ4n) is 1.03. The lowest BCUT2D eigenvalue weighted by Gasteiger charge is -2.25. The molecule has 1 fully saturated rings. The van der Waals surface area contributed by atoms with E-state index >= 15 is 0 Å². The predicted molar refractivity (Wildman–Crippen MR) is 35.0 cm³/mol. The SMILES string of the molecule is CCN1CCN[13CH2][13CH2]1. The summed E-state index contributed by atoms with van der Waals surface area (Å²) in [6.07, 6.45) is 0. The largest absolute Gasteiger partial charge is 0.314 e. The van der Waals surface area contributed by atoms with Gasteiger partial charge in [0.15, 0.2) is 0 Å². The maximum atomic E-state index is 3.31. The molecule has 0 radical (unpaired) electrons. The quantitative estimate of drug-likeness (QED) is 0.482. The number of hydrogen-bond donors (Lipinski definition) is 1. The van der Waals surface area contributed by atoms with Crippen molar-refractivity contribution in [2.75, 3.05) is 32.7 Å². The van der Waals surface area contributed by atoms with E-state index in [2.05, 4.69) is 17.1 Å². The Morgan fingerprint density at radius 2 is 2.00 bits per heavy atom. The normalized spacial score (nSPS) is 23.6. The molecular weight excluding hydrogens is 102 g/mol. The van der Waals surface area contributed by atoms with Crippen LogP contribution in [0.25, 0.3) is 0 Å². The lowest BCUT2D eigenvalue weighted by atomic mass is 10.5. The zero-order chi connectivity index (χ0) is 5.82. The van der Waals surface area contributed by atoms with Crippen LogP contribution in [0.15, 0.2) is 0 Å². The minimum Gasteiger partial charge on any atom is -0.314 e. The van der Waals surface area contributed by atoms with Crippen molar-refractivity contribution >= 4 is 0 Å². The van der Waals surface area contributed by atoms with E-state index in [1.165, 1.54) is 32.7 Å². The van der Waals surface area contributed by atoms with Crippen molar-refractivity contribution in [1.29, 1.82) is 0 Å². The van der Waals surface area contributed by atoms with Gasteiger partial charge in [-0.25, -0.2) is 0 Å². The Morgan fingerprint density at radius 1 is 1.38 bits per heavy atom.